The molecule has 0 radical (unpaired) electrons. The van der Waals surface area contributed by atoms with Crippen molar-refractivity contribution in [2.45, 2.75) is 6.92 Å². The Morgan fingerprint density at radius 2 is 2.56 bits per heavy atom. The molecule has 1 rings (SSSR count). The largest absolute Gasteiger partial charge is 0.439 e. The zero-order chi connectivity index (χ0) is 6.85. The molecule has 9 heavy (non-hydrogen) atoms. The van der Waals surface area contributed by atoms with E-state index in [1.54, 1.807) is 6.92 Å². The third-order valence-corrected chi connectivity index (χ3v) is 0.852. The van der Waals surface area contributed by atoms with E-state index in [1.165, 1.54) is 6.20 Å². The second-order valence-corrected chi connectivity index (χ2v) is 1.69. The molecule has 3 N–H and O–H groups in total. The highest BCUT2D eigenvalue weighted by Crippen LogP contribution is 1.98. The molecule has 1 aromatic heterocycles. The SMILES string of the molecule is Cc1cnc(C(=N)N)o1. The first kappa shape index (κ1) is 5.81. The van der Waals surface area contributed by atoms with Crippen LogP contribution in [0.2, 0.25) is 0 Å². The lowest BCUT2D eigenvalue weighted by Crippen LogP contribution is -2.10. The van der Waals surface area contributed by atoms with Crippen molar-refractivity contribution < 1.29 is 4.42 Å². The number of nitrogens with zero attached hydrogens (tertiary/aromatic N) is 1. The van der Waals surface area contributed by atoms with E-state index in [9.17, 15) is 0 Å². The molecule has 0 aliphatic carbocycles. The summed E-state index contributed by atoms with van der Waals surface area (Å²) in [4.78, 5) is 3.70. The Labute approximate surface area is 52.2 Å². The van der Waals surface area contributed by atoms with Crippen LogP contribution in [0.3, 0.4) is 0 Å². The van der Waals surface area contributed by atoms with Gasteiger partial charge in [-0.25, -0.2) is 4.98 Å². The van der Waals surface area contributed by atoms with Crippen LogP contribution in [-0.4, -0.2) is 10.8 Å². The van der Waals surface area contributed by atoms with Crippen molar-refractivity contribution in [3.8, 4) is 0 Å². The lowest BCUT2D eigenvalue weighted by atomic mass is 10.6. The molecule has 0 fully saturated rings. The lowest BCUT2D eigenvalue weighted by molar-refractivity contribution is 0.516. The van der Waals surface area contributed by atoms with Crippen molar-refractivity contribution >= 4 is 5.84 Å². The summed E-state index contributed by atoms with van der Waals surface area (Å²) in [6.45, 7) is 1.75. The molecule has 0 aliphatic heterocycles. The summed E-state index contributed by atoms with van der Waals surface area (Å²) < 4.78 is 4.88. The summed E-state index contributed by atoms with van der Waals surface area (Å²) >= 11 is 0. The monoisotopic (exact) mass is 125 g/mol. The van der Waals surface area contributed by atoms with Gasteiger partial charge in [-0.15, -0.1) is 0 Å². The molecule has 4 heteroatoms. The van der Waals surface area contributed by atoms with E-state index in [-0.39, 0.29) is 11.7 Å². The quantitative estimate of drug-likeness (QED) is 0.417. The van der Waals surface area contributed by atoms with Gasteiger partial charge >= 0.3 is 0 Å². The van der Waals surface area contributed by atoms with Crippen molar-refractivity contribution in [3.63, 3.8) is 0 Å². The van der Waals surface area contributed by atoms with Gasteiger partial charge in [-0.2, -0.15) is 0 Å². The highest BCUT2D eigenvalue weighted by molar-refractivity contribution is 5.90. The zero-order valence-corrected chi connectivity index (χ0v) is 5.01. The van der Waals surface area contributed by atoms with E-state index in [4.69, 9.17) is 15.6 Å². The summed E-state index contributed by atoms with van der Waals surface area (Å²) in [7, 11) is 0. The van der Waals surface area contributed by atoms with Gasteiger partial charge in [0.15, 0.2) is 5.84 Å². The van der Waals surface area contributed by atoms with Crippen LogP contribution in [0.1, 0.15) is 11.7 Å². The minimum atomic E-state index is -0.136. The Balaban J connectivity index is 2.98. The maximum absolute atomic E-state index is 6.87. The van der Waals surface area contributed by atoms with E-state index in [2.05, 4.69) is 4.98 Å². The van der Waals surface area contributed by atoms with E-state index >= 15 is 0 Å². The summed E-state index contributed by atoms with van der Waals surface area (Å²) in [6, 6.07) is 0. The number of rotatable bonds is 1. The van der Waals surface area contributed by atoms with Gasteiger partial charge in [-0.1, -0.05) is 0 Å². The average molecular weight is 125 g/mol. The van der Waals surface area contributed by atoms with Crippen LogP contribution in [0.15, 0.2) is 10.6 Å². The number of amidine groups is 1. The number of aryl methyl sites for hydroxylation is 1. The number of nitrogens with one attached hydrogen (secondary N) is 1. The number of hydrogen-bond acceptors (Lipinski definition) is 3. The minimum Gasteiger partial charge on any atom is -0.439 e. The molecule has 0 saturated heterocycles. The normalized spacial score (nSPS) is 9.44. The summed E-state index contributed by atoms with van der Waals surface area (Å²) in [5.74, 6) is 0.718. The van der Waals surface area contributed by atoms with Gasteiger partial charge in [-0.3, -0.25) is 5.41 Å². The lowest BCUT2D eigenvalue weighted by Gasteiger charge is -1.84. The third-order valence-electron chi connectivity index (χ3n) is 0.852. The van der Waals surface area contributed by atoms with Gasteiger partial charge in [0.1, 0.15) is 5.76 Å². The fourth-order valence-corrected chi connectivity index (χ4v) is 0.479. The molecule has 4 nitrogen and oxygen atoms in total. The third kappa shape index (κ3) is 1.07. The molecule has 0 amide bonds. The molecular formula is C5H7N3O. The fourth-order valence-electron chi connectivity index (χ4n) is 0.479. The Kier molecular flexibility index (Phi) is 1.22. The van der Waals surface area contributed by atoms with Gasteiger partial charge < -0.3 is 10.2 Å². The Hall–Kier alpha value is -1.32. The van der Waals surface area contributed by atoms with Gasteiger partial charge in [0.2, 0.25) is 0 Å². The van der Waals surface area contributed by atoms with Crippen molar-refractivity contribution in [3.05, 3.63) is 17.8 Å². The maximum atomic E-state index is 6.87. The van der Waals surface area contributed by atoms with Gasteiger partial charge in [0.25, 0.3) is 5.89 Å². The standard InChI is InChI=1S/C5H7N3O/c1-3-2-8-5(9-3)4(6)7/h2H,1H3,(H3,6,7). The van der Waals surface area contributed by atoms with E-state index in [1.807, 2.05) is 0 Å². The highest BCUT2D eigenvalue weighted by atomic mass is 16.4. The van der Waals surface area contributed by atoms with E-state index in [0.29, 0.717) is 5.76 Å². The van der Waals surface area contributed by atoms with Crippen molar-refractivity contribution in [2.75, 3.05) is 0 Å². The highest BCUT2D eigenvalue weighted by Gasteiger charge is 2.00. The van der Waals surface area contributed by atoms with Crippen LogP contribution in [0.5, 0.6) is 0 Å². The van der Waals surface area contributed by atoms with Crippen LogP contribution in [-0.2, 0) is 0 Å². The van der Waals surface area contributed by atoms with E-state index in [0.717, 1.165) is 0 Å². The van der Waals surface area contributed by atoms with Gasteiger partial charge in [0.05, 0.1) is 6.20 Å². The molecule has 0 saturated carbocycles. The van der Waals surface area contributed by atoms with Gasteiger partial charge in [0, 0.05) is 0 Å². The van der Waals surface area contributed by atoms with Crippen molar-refractivity contribution in [2.24, 2.45) is 5.73 Å². The molecule has 48 valence electrons. The number of nitrogens with two attached hydrogens (primary N) is 1. The minimum absolute atomic E-state index is 0.136. The number of aromatic nitrogens is 1. The Bertz CT molecular complexity index is 228. The molecule has 0 aliphatic rings. The molecule has 0 unspecified atom stereocenters. The first-order valence-electron chi connectivity index (χ1n) is 2.47. The second-order valence-electron chi connectivity index (χ2n) is 1.69. The van der Waals surface area contributed by atoms with Crippen molar-refractivity contribution in [1.82, 2.24) is 4.98 Å². The Morgan fingerprint density at radius 1 is 1.89 bits per heavy atom. The topological polar surface area (TPSA) is 75.9 Å². The molecular weight excluding hydrogens is 118 g/mol. The molecule has 0 atom stereocenters. The first-order chi connectivity index (χ1) is 4.20. The van der Waals surface area contributed by atoms with Crippen LogP contribution >= 0.6 is 0 Å². The average Bonchev–Trinajstić information content (AvgIpc) is 2.14. The molecule has 0 bridgehead atoms. The number of nitrogen functional groups attached to an aromatic ring is 1. The predicted octanol–water partition coefficient (Wildman–Crippen LogP) is 0.267. The smallest absolute Gasteiger partial charge is 0.261 e. The second kappa shape index (κ2) is 1.89. The van der Waals surface area contributed by atoms with Crippen LogP contribution < -0.4 is 5.73 Å². The van der Waals surface area contributed by atoms with E-state index < -0.39 is 0 Å². The summed E-state index contributed by atoms with van der Waals surface area (Å²) in [5, 5.41) is 6.87. The Morgan fingerprint density at radius 3 is 2.78 bits per heavy atom. The molecule has 1 heterocycles. The van der Waals surface area contributed by atoms with Crippen LogP contribution in [0, 0.1) is 12.3 Å². The summed E-state index contributed by atoms with van der Waals surface area (Å²) in [5.41, 5.74) is 5.05. The van der Waals surface area contributed by atoms with Crippen LogP contribution in [0.4, 0.5) is 0 Å². The summed E-state index contributed by atoms with van der Waals surface area (Å²) in [6.07, 6.45) is 1.52. The van der Waals surface area contributed by atoms with Gasteiger partial charge in [-0.05, 0) is 6.92 Å². The number of oxazole rings is 1. The number of hydrogen-bond donors (Lipinski definition) is 2. The predicted molar refractivity (Wildman–Crippen MR) is 32.3 cm³/mol. The molecule has 1 aromatic rings. The molecule has 0 spiro atoms. The maximum Gasteiger partial charge on any atom is 0.261 e. The molecule has 0 aromatic carbocycles. The van der Waals surface area contributed by atoms with Crippen LogP contribution in [0.25, 0.3) is 0 Å². The first-order valence-corrected chi connectivity index (χ1v) is 2.47. The fraction of sp³-hybridized carbons (Fsp3) is 0.200. The van der Waals surface area contributed by atoms with Crippen molar-refractivity contribution in [1.29, 1.82) is 5.41 Å². The zero-order valence-electron chi connectivity index (χ0n) is 5.01.